The molecular weight excluding hydrogens is 200 g/mol. The first-order valence-electron chi connectivity index (χ1n) is 6.06. The van der Waals surface area contributed by atoms with E-state index in [-0.39, 0.29) is 0 Å². The summed E-state index contributed by atoms with van der Waals surface area (Å²) in [5.41, 5.74) is 1.35. The average Bonchev–Trinajstić information content (AvgIpc) is 3.15. The molecule has 16 heavy (non-hydrogen) atoms. The van der Waals surface area contributed by atoms with Gasteiger partial charge in [-0.1, -0.05) is 18.2 Å². The van der Waals surface area contributed by atoms with Crippen LogP contribution in [0, 0.1) is 0 Å². The van der Waals surface area contributed by atoms with Gasteiger partial charge in [0.05, 0.1) is 12.7 Å². The Hall–Kier alpha value is -1.06. The van der Waals surface area contributed by atoms with E-state index in [4.69, 9.17) is 4.74 Å². The molecule has 0 aromatic heterocycles. The van der Waals surface area contributed by atoms with E-state index < -0.39 is 0 Å². The van der Waals surface area contributed by atoms with Gasteiger partial charge in [-0.15, -0.1) is 0 Å². The fourth-order valence-corrected chi connectivity index (χ4v) is 2.29. The lowest BCUT2D eigenvalue weighted by molar-refractivity contribution is 0.230. The Kier molecular flexibility index (Phi) is 2.80. The number of anilines is 1. The van der Waals surface area contributed by atoms with Crippen molar-refractivity contribution in [2.24, 2.45) is 0 Å². The summed E-state index contributed by atoms with van der Waals surface area (Å²) in [6, 6.07) is 10.7. The van der Waals surface area contributed by atoms with Crippen LogP contribution in [0.1, 0.15) is 0 Å². The number of nitrogens with zero attached hydrogens (tertiary/aromatic N) is 2. The third kappa shape index (κ3) is 2.36. The highest BCUT2D eigenvalue weighted by molar-refractivity contribution is 5.46. The second-order valence-electron chi connectivity index (χ2n) is 4.58. The first-order chi connectivity index (χ1) is 7.92. The predicted molar refractivity (Wildman–Crippen MR) is 64.8 cm³/mol. The molecule has 2 aliphatic rings. The summed E-state index contributed by atoms with van der Waals surface area (Å²) in [6.07, 6.45) is 0.531. The molecule has 0 spiro atoms. The first-order valence-corrected chi connectivity index (χ1v) is 6.06. The number of para-hydroxylation sites is 1. The van der Waals surface area contributed by atoms with Gasteiger partial charge in [0.25, 0.3) is 0 Å². The summed E-state index contributed by atoms with van der Waals surface area (Å²) in [5.74, 6) is 0. The van der Waals surface area contributed by atoms with Gasteiger partial charge in [0.15, 0.2) is 0 Å². The number of piperazine rings is 1. The zero-order valence-electron chi connectivity index (χ0n) is 9.51. The lowest BCUT2D eigenvalue weighted by atomic mass is 10.2. The Labute approximate surface area is 96.6 Å². The van der Waals surface area contributed by atoms with E-state index in [9.17, 15) is 0 Å². The number of hydrogen-bond acceptors (Lipinski definition) is 3. The van der Waals surface area contributed by atoms with E-state index in [1.165, 1.54) is 5.69 Å². The maximum atomic E-state index is 5.27. The van der Waals surface area contributed by atoms with Crippen LogP contribution in [0.3, 0.4) is 0 Å². The molecule has 3 nitrogen and oxygen atoms in total. The molecule has 3 heteroatoms. The maximum absolute atomic E-state index is 5.27. The second-order valence-corrected chi connectivity index (χ2v) is 4.58. The summed E-state index contributed by atoms with van der Waals surface area (Å²) < 4.78 is 5.27. The molecule has 0 amide bonds. The van der Waals surface area contributed by atoms with Crippen LogP contribution >= 0.6 is 0 Å². The van der Waals surface area contributed by atoms with E-state index in [1.807, 2.05) is 0 Å². The lowest BCUT2D eigenvalue weighted by Crippen LogP contribution is -2.47. The van der Waals surface area contributed by atoms with Crippen molar-refractivity contribution in [2.45, 2.75) is 6.10 Å². The van der Waals surface area contributed by atoms with E-state index in [0.29, 0.717) is 6.10 Å². The summed E-state index contributed by atoms with van der Waals surface area (Å²) in [5, 5.41) is 0. The van der Waals surface area contributed by atoms with Crippen LogP contribution < -0.4 is 4.90 Å². The Balaban J connectivity index is 1.53. The minimum atomic E-state index is 0.531. The van der Waals surface area contributed by atoms with Crippen LogP contribution in [-0.2, 0) is 4.74 Å². The normalized spacial score (nSPS) is 25.8. The highest BCUT2D eigenvalue weighted by Gasteiger charge is 2.27. The van der Waals surface area contributed by atoms with Gasteiger partial charge in [0, 0.05) is 38.4 Å². The quantitative estimate of drug-likeness (QED) is 0.711. The highest BCUT2D eigenvalue weighted by atomic mass is 16.6. The molecule has 3 rings (SSSR count). The minimum Gasteiger partial charge on any atom is -0.372 e. The van der Waals surface area contributed by atoms with Crippen LogP contribution in [0.2, 0.25) is 0 Å². The zero-order chi connectivity index (χ0) is 10.8. The third-order valence-electron chi connectivity index (χ3n) is 3.36. The molecule has 0 aliphatic carbocycles. The Bertz CT molecular complexity index is 329. The van der Waals surface area contributed by atoms with Crippen LogP contribution in [0.4, 0.5) is 5.69 Å². The third-order valence-corrected chi connectivity index (χ3v) is 3.36. The summed E-state index contributed by atoms with van der Waals surface area (Å²) in [4.78, 5) is 4.97. The molecular formula is C13H18N2O. The fourth-order valence-electron chi connectivity index (χ4n) is 2.29. The smallest absolute Gasteiger partial charge is 0.0936 e. The Morgan fingerprint density at radius 3 is 2.38 bits per heavy atom. The molecule has 0 radical (unpaired) electrons. The van der Waals surface area contributed by atoms with Gasteiger partial charge in [0.2, 0.25) is 0 Å². The molecule has 1 aromatic carbocycles. The fraction of sp³-hybridized carbons (Fsp3) is 0.538. The van der Waals surface area contributed by atoms with Crippen molar-refractivity contribution in [3.63, 3.8) is 0 Å². The minimum absolute atomic E-state index is 0.531. The number of rotatable bonds is 3. The van der Waals surface area contributed by atoms with Crippen molar-refractivity contribution >= 4 is 5.69 Å². The number of epoxide rings is 1. The Morgan fingerprint density at radius 1 is 1.06 bits per heavy atom. The molecule has 86 valence electrons. The molecule has 0 N–H and O–H groups in total. The lowest BCUT2D eigenvalue weighted by Gasteiger charge is -2.35. The van der Waals surface area contributed by atoms with Gasteiger partial charge in [-0.3, -0.25) is 4.90 Å². The van der Waals surface area contributed by atoms with Gasteiger partial charge in [-0.2, -0.15) is 0 Å². The molecule has 2 fully saturated rings. The number of ether oxygens (including phenoxy) is 1. The maximum Gasteiger partial charge on any atom is 0.0936 e. The predicted octanol–water partition coefficient (Wildman–Crippen LogP) is 1.21. The molecule has 2 heterocycles. The van der Waals surface area contributed by atoms with Gasteiger partial charge in [-0.05, 0) is 12.1 Å². The molecule has 1 aromatic rings. The van der Waals surface area contributed by atoms with Crippen molar-refractivity contribution < 1.29 is 4.74 Å². The topological polar surface area (TPSA) is 19.0 Å². The van der Waals surface area contributed by atoms with Gasteiger partial charge in [-0.25, -0.2) is 0 Å². The van der Waals surface area contributed by atoms with Crippen molar-refractivity contribution in [2.75, 3.05) is 44.2 Å². The average molecular weight is 218 g/mol. The highest BCUT2D eigenvalue weighted by Crippen LogP contribution is 2.17. The SMILES string of the molecule is c1ccc(N2CCN(C[C@@H]3CO3)CC2)cc1. The number of benzene rings is 1. The molecule has 2 saturated heterocycles. The van der Waals surface area contributed by atoms with E-state index in [2.05, 4.69) is 40.1 Å². The van der Waals surface area contributed by atoms with Crippen LogP contribution in [0.15, 0.2) is 30.3 Å². The number of hydrogen-bond donors (Lipinski definition) is 0. The van der Waals surface area contributed by atoms with Crippen molar-refractivity contribution in [1.29, 1.82) is 0 Å². The molecule has 0 unspecified atom stereocenters. The van der Waals surface area contributed by atoms with E-state index in [1.54, 1.807) is 0 Å². The second kappa shape index (κ2) is 4.44. The van der Waals surface area contributed by atoms with Crippen LogP contribution in [-0.4, -0.2) is 50.3 Å². The summed E-state index contributed by atoms with van der Waals surface area (Å²) in [6.45, 7) is 6.69. The van der Waals surface area contributed by atoms with Crippen LogP contribution in [0.25, 0.3) is 0 Å². The molecule has 0 saturated carbocycles. The Morgan fingerprint density at radius 2 is 1.75 bits per heavy atom. The van der Waals surface area contributed by atoms with E-state index >= 15 is 0 Å². The first kappa shape index (κ1) is 10.1. The molecule has 0 bridgehead atoms. The molecule has 1 atom stereocenters. The zero-order valence-corrected chi connectivity index (χ0v) is 9.51. The van der Waals surface area contributed by atoms with Gasteiger partial charge in [0.1, 0.15) is 0 Å². The van der Waals surface area contributed by atoms with E-state index in [0.717, 1.165) is 39.3 Å². The summed E-state index contributed by atoms with van der Waals surface area (Å²) >= 11 is 0. The van der Waals surface area contributed by atoms with Crippen molar-refractivity contribution in [3.05, 3.63) is 30.3 Å². The van der Waals surface area contributed by atoms with Gasteiger partial charge < -0.3 is 9.64 Å². The molecule has 2 aliphatic heterocycles. The van der Waals surface area contributed by atoms with Crippen LogP contribution in [0.5, 0.6) is 0 Å². The van der Waals surface area contributed by atoms with Gasteiger partial charge >= 0.3 is 0 Å². The standard InChI is InChI=1S/C13H18N2O/c1-2-4-12(5-3-1)15-8-6-14(7-9-15)10-13-11-16-13/h1-5,13H,6-11H2/t13-/m1/s1. The van der Waals surface area contributed by atoms with Crippen molar-refractivity contribution in [3.8, 4) is 0 Å². The monoisotopic (exact) mass is 218 g/mol. The largest absolute Gasteiger partial charge is 0.372 e. The summed E-state index contributed by atoms with van der Waals surface area (Å²) in [7, 11) is 0. The van der Waals surface area contributed by atoms with Crippen molar-refractivity contribution in [1.82, 2.24) is 4.90 Å².